The summed E-state index contributed by atoms with van der Waals surface area (Å²) in [5.41, 5.74) is 5.19. The Hall–Kier alpha value is -2.14. The number of aryl methyl sites for hydroxylation is 1. The molecule has 0 spiro atoms. The molecule has 1 amide bonds. The average Bonchev–Trinajstić information content (AvgIpc) is 3.15. The predicted octanol–water partition coefficient (Wildman–Crippen LogP) is 4.87. The molecule has 4 rings (SSSR count). The summed E-state index contributed by atoms with van der Waals surface area (Å²) in [5.74, 6) is 1.55. The fourth-order valence-electron chi connectivity index (χ4n) is 5.37. The number of piperidine rings is 1. The molecule has 1 saturated heterocycles. The van der Waals surface area contributed by atoms with Crippen LogP contribution in [0.3, 0.4) is 0 Å². The van der Waals surface area contributed by atoms with Crippen molar-refractivity contribution in [3.05, 3.63) is 41.6 Å². The first kappa shape index (κ1) is 22.1. The third kappa shape index (κ3) is 5.97. The zero-order valence-electron chi connectivity index (χ0n) is 19.3. The van der Waals surface area contributed by atoms with Crippen LogP contribution in [0.1, 0.15) is 75.3 Å². The molecule has 31 heavy (non-hydrogen) atoms. The van der Waals surface area contributed by atoms with Gasteiger partial charge in [0.25, 0.3) is 0 Å². The SMILES string of the molecule is CC(=O)NCCC1CCN(Cc2cn(C)nc2-c2ccc(C3CCCCC3)cc2)CC1. The largest absolute Gasteiger partial charge is 0.356 e. The second-order valence-electron chi connectivity index (χ2n) is 9.62. The van der Waals surface area contributed by atoms with Crippen molar-refractivity contribution in [1.29, 1.82) is 0 Å². The molecule has 1 aromatic carbocycles. The number of carbonyl (C=O) groups excluding carboxylic acids is 1. The van der Waals surface area contributed by atoms with E-state index in [0.717, 1.165) is 50.1 Å². The van der Waals surface area contributed by atoms with Crippen LogP contribution in [-0.4, -0.2) is 40.2 Å². The second kappa shape index (κ2) is 10.4. The Balaban J connectivity index is 1.35. The summed E-state index contributed by atoms with van der Waals surface area (Å²) in [5, 5.41) is 7.74. The van der Waals surface area contributed by atoms with Crippen molar-refractivity contribution in [2.45, 2.75) is 70.8 Å². The summed E-state index contributed by atoms with van der Waals surface area (Å²) in [6.45, 7) is 5.62. The van der Waals surface area contributed by atoms with Gasteiger partial charge in [0.2, 0.25) is 5.91 Å². The molecule has 1 aliphatic carbocycles. The Morgan fingerprint density at radius 2 is 1.77 bits per heavy atom. The molecule has 2 aliphatic rings. The Morgan fingerprint density at radius 3 is 2.45 bits per heavy atom. The van der Waals surface area contributed by atoms with Gasteiger partial charge in [-0.1, -0.05) is 43.5 Å². The van der Waals surface area contributed by atoms with Crippen LogP contribution in [0.25, 0.3) is 11.3 Å². The molecule has 0 atom stereocenters. The van der Waals surface area contributed by atoms with E-state index in [1.165, 1.54) is 61.6 Å². The lowest BCUT2D eigenvalue weighted by Gasteiger charge is -2.32. The van der Waals surface area contributed by atoms with Crippen molar-refractivity contribution in [2.75, 3.05) is 19.6 Å². The number of likely N-dealkylation sites (tertiary alicyclic amines) is 1. The maximum absolute atomic E-state index is 11.1. The van der Waals surface area contributed by atoms with Gasteiger partial charge in [-0.25, -0.2) is 0 Å². The lowest BCUT2D eigenvalue weighted by Crippen LogP contribution is -2.34. The second-order valence-corrected chi connectivity index (χ2v) is 9.62. The molecule has 2 fully saturated rings. The van der Waals surface area contributed by atoms with E-state index in [4.69, 9.17) is 5.10 Å². The van der Waals surface area contributed by atoms with Crippen LogP contribution in [0.5, 0.6) is 0 Å². The van der Waals surface area contributed by atoms with Crippen molar-refractivity contribution in [2.24, 2.45) is 13.0 Å². The Morgan fingerprint density at radius 1 is 1.06 bits per heavy atom. The molecule has 1 N–H and O–H groups in total. The number of hydrogen-bond acceptors (Lipinski definition) is 3. The summed E-state index contributed by atoms with van der Waals surface area (Å²) in [4.78, 5) is 13.6. The molecular formula is C26H38N4O. The Bertz CT molecular complexity index is 843. The minimum absolute atomic E-state index is 0.0771. The molecule has 1 saturated carbocycles. The molecule has 2 aromatic rings. The lowest BCUT2D eigenvalue weighted by atomic mass is 9.84. The van der Waals surface area contributed by atoms with Crippen LogP contribution in [-0.2, 0) is 18.4 Å². The normalized spacial score (nSPS) is 18.9. The fraction of sp³-hybridized carbons (Fsp3) is 0.615. The summed E-state index contributed by atoms with van der Waals surface area (Å²) in [6, 6.07) is 9.24. The van der Waals surface area contributed by atoms with Gasteiger partial charge in [0.05, 0.1) is 5.69 Å². The van der Waals surface area contributed by atoms with Crippen molar-refractivity contribution in [3.8, 4) is 11.3 Å². The first-order valence-corrected chi connectivity index (χ1v) is 12.2. The molecule has 0 unspecified atom stereocenters. The van der Waals surface area contributed by atoms with Crippen molar-refractivity contribution in [3.63, 3.8) is 0 Å². The van der Waals surface area contributed by atoms with Gasteiger partial charge in [0.1, 0.15) is 0 Å². The first-order chi connectivity index (χ1) is 15.1. The average molecular weight is 423 g/mol. The van der Waals surface area contributed by atoms with Gasteiger partial charge >= 0.3 is 0 Å². The lowest BCUT2D eigenvalue weighted by molar-refractivity contribution is -0.119. The highest BCUT2D eigenvalue weighted by Crippen LogP contribution is 2.34. The van der Waals surface area contributed by atoms with Crippen molar-refractivity contribution >= 4 is 5.91 Å². The zero-order valence-corrected chi connectivity index (χ0v) is 19.3. The van der Waals surface area contributed by atoms with E-state index in [0.29, 0.717) is 0 Å². The van der Waals surface area contributed by atoms with Crippen LogP contribution < -0.4 is 5.32 Å². The standard InChI is InChI=1S/C26H38N4O/c1-20(31)27-15-12-21-13-16-30(17-14-21)19-25-18-29(2)28-26(25)24-10-8-23(9-11-24)22-6-4-3-5-7-22/h8-11,18,21-22H,3-7,12-17,19H2,1-2H3,(H,27,31). The van der Waals surface area contributed by atoms with Gasteiger partial charge in [-0.3, -0.25) is 14.4 Å². The monoisotopic (exact) mass is 422 g/mol. The number of nitrogens with one attached hydrogen (secondary N) is 1. The molecule has 5 heteroatoms. The van der Waals surface area contributed by atoms with E-state index in [2.05, 4.69) is 40.7 Å². The van der Waals surface area contributed by atoms with Crippen molar-refractivity contribution in [1.82, 2.24) is 20.0 Å². The fourth-order valence-corrected chi connectivity index (χ4v) is 5.37. The highest BCUT2D eigenvalue weighted by atomic mass is 16.1. The molecular weight excluding hydrogens is 384 g/mol. The van der Waals surface area contributed by atoms with Crippen LogP contribution >= 0.6 is 0 Å². The van der Waals surface area contributed by atoms with Crippen LogP contribution in [0, 0.1) is 5.92 Å². The minimum atomic E-state index is 0.0771. The van der Waals surface area contributed by atoms with E-state index >= 15 is 0 Å². The Kier molecular flexibility index (Phi) is 7.44. The summed E-state index contributed by atoms with van der Waals surface area (Å²) in [6.07, 6.45) is 12.5. The van der Waals surface area contributed by atoms with Crippen LogP contribution in [0.4, 0.5) is 0 Å². The molecule has 1 aromatic heterocycles. The van der Waals surface area contributed by atoms with Gasteiger partial charge in [-0.05, 0) is 62.6 Å². The molecule has 0 radical (unpaired) electrons. The van der Waals surface area contributed by atoms with Crippen LogP contribution in [0.15, 0.2) is 30.5 Å². The molecule has 2 heterocycles. The summed E-state index contributed by atoms with van der Waals surface area (Å²) >= 11 is 0. The maximum atomic E-state index is 11.1. The van der Waals surface area contributed by atoms with E-state index in [1.54, 1.807) is 6.92 Å². The molecule has 0 bridgehead atoms. The minimum Gasteiger partial charge on any atom is -0.356 e. The number of rotatable bonds is 7. The smallest absolute Gasteiger partial charge is 0.216 e. The highest BCUT2D eigenvalue weighted by Gasteiger charge is 2.21. The van der Waals surface area contributed by atoms with Gasteiger partial charge in [0, 0.05) is 44.4 Å². The molecule has 5 nitrogen and oxygen atoms in total. The van der Waals surface area contributed by atoms with Crippen molar-refractivity contribution < 1.29 is 4.79 Å². The van der Waals surface area contributed by atoms with Gasteiger partial charge in [-0.15, -0.1) is 0 Å². The number of hydrogen-bond donors (Lipinski definition) is 1. The van der Waals surface area contributed by atoms with E-state index < -0.39 is 0 Å². The number of benzene rings is 1. The third-order valence-corrected chi connectivity index (χ3v) is 7.19. The number of nitrogens with zero attached hydrogens (tertiary/aromatic N) is 3. The molecule has 168 valence electrons. The first-order valence-electron chi connectivity index (χ1n) is 12.2. The van der Waals surface area contributed by atoms with E-state index in [1.807, 2.05) is 11.7 Å². The van der Waals surface area contributed by atoms with E-state index in [9.17, 15) is 4.79 Å². The topological polar surface area (TPSA) is 50.2 Å². The number of amides is 1. The highest BCUT2D eigenvalue weighted by molar-refractivity contribution is 5.72. The molecule has 1 aliphatic heterocycles. The summed E-state index contributed by atoms with van der Waals surface area (Å²) in [7, 11) is 2.03. The zero-order chi connectivity index (χ0) is 21.6. The van der Waals surface area contributed by atoms with Gasteiger partial charge < -0.3 is 5.32 Å². The van der Waals surface area contributed by atoms with E-state index in [-0.39, 0.29) is 5.91 Å². The third-order valence-electron chi connectivity index (χ3n) is 7.19. The number of carbonyl (C=O) groups is 1. The Labute approximate surface area is 187 Å². The van der Waals surface area contributed by atoms with Gasteiger partial charge in [0.15, 0.2) is 0 Å². The van der Waals surface area contributed by atoms with Gasteiger partial charge in [-0.2, -0.15) is 5.10 Å². The summed E-state index contributed by atoms with van der Waals surface area (Å²) < 4.78 is 1.96. The van der Waals surface area contributed by atoms with Crippen LogP contribution in [0.2, 0.25) is 0 Å². The maximum Gasteiger partial charge on any atom is 0.216 e. The predicted molar refractivity (Wildman–Crippen MR) is 126 cm³/mol. The quantitative estimate of drug-likeness (QED) is 0.692. The number of aromatic nitrogens is 2.